The van der Waals surface area contributed by atoms with Crippen LogP contribution in [0.1, 0.15) is 12.8 Å². The second-order valence-corrected chi connectivity index (χ2v) is 15.3. The molecule has 13 heteroatoms. The number of carbonyl (C=O) groups is 2. The number of hydrogen-bond acceptors (Lipinski definition) is 9. The summed E-state index contributed by atoms with van der Waals surface area (Å²) in [6.07, 6.45) is 2.93. The summed E-state index contributed by atoms with van der Waals surface area (Å²) in [6.45, 7) is 0. The van der Waals surface area contributed by atoms with Gasteiger partial charge >= 0.3 is 210 Å². The quantitative estimate of drug-likeness (QED) is 0.134. The van der Waals surface area contributed by atoms with Crippen molar-refractivity contribution in [2.24, 2.45) is 0 Å². The van der Waals surface area contributed by atoms with Crippen LogP contribution in [0.2, 0.25) is 10.5 Å². The van der Waals surface area contributed by atoms with Gasteiger partial charge in [0.2, 0.25) is 0 Å². The van der Waals surface area contributed by atoms with Crippen molar-refractivity contribution in [2.75, 3.05) is 0 Å². The van der Waals surface area contributed by atoms with E-state index in [0.29, 0.717) is 22.5 Å². The molecule has 0 amide bonds. The number of pyridine rings is 2. The summed E-state index contributed by atoms with van der Waals surface area (Å²) in [5.41, 5.74) is 1.11. The van der Waals surface area contributed by atoms with E-state index >= 15 is 0 Å². The fourth-order valence-electron chi connectivity index (χ4n) is 3.30. The van der Waals surface area contributed by atoms with Crippen LogP contribution in [-0.4, -0.2) is 51.1 Å². The van der Waals surface area contributed by atoms with E-state index in [1.807, 2.05) is 24.3 Å². The molecule has 0 fully saturated rings. The van der Waals surface area contributed by atoms with E-state index in [9.17, 15) is 17.1 Å². The van der Waals surface area contributed by atoms with Gasteiger partial charge < -0.3 is 0 Å². The number of carbonyl (C=O) groups excluding carboxylic acids is 2. The Morgan fingerprint density at radius 3 is 1.49 bits per heavy atom. The average Bonchev–Trinajstić information content (AvgIpc) is 2.87. The van der Waals surface area contributed by atoms with Gasteiger partial charge in [0.1, 0.15) is 0 Å². The van der Waals surface area contributed by atoms with Gasteiger partial charge in [-0.15, -0.1) is 24.8 Å². The number of ether oxygens (including phenoxy) is 2. The first kappa shape index (κ1) is 30.5. The first-order valence-corrected chi connectivity index (χ1v) is 17.2. The molecule has 0 saturated carbocycles. The maximum absolute atomic E-state index is 12.2. The molecule has 9 nitrogen and oxygen atoms in total. The fraction of sp³-hybridized carbons (Fsp3) is 0.167. The number of benzene rings is 2. The molecule has 0 radical (unpaired) electrons. The molecule has 0 aliphatic rings. The van der Waals surface area contributed by atoms with Gasteiger partial charge in [-0.25, -0.2) is 0 Å². The Labute approximate surface area is 234 Å². The van der Waals surface area contributed by atoms with Crippen LogP contribution in [0, 0.1) is 0 Å². The average molecular weight is 667 g/mol. The molecule has 0 saturated heterocycles. The van der Waals surface area contributed by atoms with Crippen molar-refractivity contribution < 1.29 is 29.4 Å². The van der Waals surface area contributed by atoms with E-state index < -0.39 is 41.2 Å². The van der Waals surface area contributed by atoms with E-state index in [0.717, 1.165) is 10.8 Å². The van der Waals surface area contributed by atoms with Gasteiger partial charge in [-0.3, -0.25) is 0 Å². The first-order chi connectivity index (χ1) is 17.0. The third kappa shape index (κ3) is 8.66. The summed E-state index contributed by atoms with van der Waals surface area (Å²) in [5.74, 6) is -0.515. The molecule has 192 valence electrons. The van der Waals surface area contributed by atoms with Gasteiger partial charge in [0.05, 0.1) is 0 Å². The normalized spacial score (nSPS) is 10.1. The number of rotatable bonds is 10. The van der Waals surface area contributed by atoms with Crippen molar-refractivity contribution in [2.45, 2.75) is 23.3 Å². The summed E-state index contributed by atoms with van der Waals surface area (Å²) < 4.78 is 40.3. The van der Waals surface area contributed by atoms with E-state index in [-0.39, 0.29) is 48.2 Å². The van der Waals surface area contributed by atoms with Crippen LogP contribution in [0.25, 0.3) is 21.8 Å². The van der Waals surface area contributed by atoms with Crippen molar-refractivity contribution >= 4 is 87.8 Å². The van der Waals surface area contributed by atoms with Crippen molar-refractivity contribution in [3.8, 4) is 11.5 Å². The van der Waals surface area contributed by atoms with Gasteiger partial charge in [-0.05, 0) is 0 Å². The molecule has 4 rings (SSSR count). The second kappa shape index (κ2) is 14.9. The molecule has 0 spiro atoms. The molecule has 0 bridgehead atoms. The van der Waals surface area contributed by atoms with Crippen molar-refractivity contribution in [3.63, 3.8) is 0 Å². The Kier molecular flexibility index (Phi) is 12.3. The Hall–Kier alpha value is -2.73. The molecular formula is C24H22Cl2Ge2N2O7. The van der Waals surface area contributed by atoms with Gasteiger partial charge in [0.25, 0.3) is 0 Å². The SMILES string of the molecule is Cl.Cl.O=C(C[CH2][Ge](=[O])[O][Ge](=[O])[CH2]CC(=O)Oc1cccc2cccnc12)Oc1cccc2cccnc12. The zero-order valence-electron chi connectivity index (χ0n) is 19.3. The van der Waals surface area contributed by atoms with Gasteiger partial charge in [0.15, 0.2) is 0 Å². The number of fused-ring (bicyclic) bond motifs is 2. The van der Waals surface area contributed by atoms with Crippen LogP contribution in [0.15, 0.2) is 73.1 Å². The summed E-state index contributed by atoms with van der Waals surface area (Å²) in [5, 5.41) is 1.58. The zero-order chi connectivity index (χ0) is 24.6. The van der Waals surface area contributed by atoms with Crippen LogP contribution in [0.4, 0.5) is 0 Å². The van der Waals surface area contributed by atoms with E-state index in [1.54, 1.807) is 48.8 Å². The Balaban J connectivity index is 0.00000241. The molecular weight excluding hydrogens is 644 g/mol. The maximum atomic E-state index is 12.2. The predicted octanol–water partition coefficient (Wildman–Crippen LogP) is 4.77. The van der Waals surface area contributed by atoms with E-state index in [2.05, 4.69) is 9.97 Å². The summed E-state index contributed by atoms with van der Waals surface area (Å²) >= 11 is -6.79. The zero-order valence-corrected chi connectivity index (χ0v) is 25.2. The van der Waals surface area contributed by atoms with Gasteiger partial charge in [-0.2, -0.15) is 0 Å². The summed E-state index contributed by atoms with van der Waals surface area (Å²) in [4.78, 5) is 32.8. The number of hydrogen-bond donors (Lipinski definition) is 0. The molecule has 2 aromatic carbocycles. The van der Waals surface area contributed by atoms with Crippen LogP contribution in [0.5, 0.6) is 11.5 Å². The molecule has 37 heavy (non-hydrogen) atoms. The number of halogens is 2. The number of nitrogens with zero attached hydrogens (tertiary/aromatic N) is 2. The second-order valence-electron chi connectivity index (χ2n) is 7.46. The van der Waals surface area contributed by atoms with Crippen LogP contribution >= 0.6 is 24.8 Å². The minimum absolute atomic E-state index is 0. The van der Waals surface area contributed by atoms with Gasteiger partial charge in [-0.1, -0.05) is 0 Å². The molecule has 0 aliphatic heterocycles. The molecule has 2 heterocycles. The topological polar surface area (TPSA) is 122 Å². The van der Waals surface area contributed by atoms with Crippen molar-refractivity contribution in [3.05, 3.63) is 73.1 Å². The fourth-order valence-corrected chi connectivity index (χ4v) is 11.0. The molecule has 0 aliphatic carbocycles. The summed E-state index contributed by atoms with van der Waals surface area (Å²) in [6, 6.07) is 17.7. The number of aromatic nitrogens is 2. The molecule has 2 aromatic heterocycles. The Morgan fingerprint density at radius 2 is 1.05 bits per heavy atom. The van der Waals surface area contributed by atoms with E-state index in [4.69, 9.17) is 12.3 Å². The van der Waals surface area contributed by atoms with Crippen LogP contribution in [0.3, 0.4) is 0 Å². The molecule has 4 aromatic rings. The number of para-hydroxylation sites is 2. The third-order valence-corrected chi connectivity index (χ3v) is 13.6. The van der Waals surface area contributed by atoms with Crippen LogP contribution in [-0.2, 0) is 19.9 Å². The van der Waals surface area contributed by atoms with Gasteiger partial charge in [0, 0.05) is 0 Å². The summed E-state index contributed by atoms with van der Waals surface area (Å²) in [7, 11) is 0. The standard InChI is InChI=1S/C24H20Ge2N2O7.2ClH/c29-21(33-19-9-1-5-17-7-3-15-27-23(17)19)11-13-25(31)35-26(32)14-12-22(30)34-20-10-2-6-18-8-4-16-28-24(18)20;;/h1-10,15-16H,11-14H2;2*1H. The third-order valence-electron chi connectivity index (χ3n) is 4.93. The van der Waals surface area contributed by atoms with E-state index in [1.165, 1.54) is 0 Å². The van der Waals surface area contributed by atoms with Crippen LogP contribution < -0.4 is 9.47 Å². The number of esters is 2. The van der Waals surface area contributed by atoms with Crippen molar-refractivity contribution in [1.29, 1.82) is 0 Å². The van der Waals surface area contributed by atoms with Crippen molar-refractivity contribution in [1.82, 2.24) is 9.97 Å². The first-order valence-electron chi connectivity index (χ1n) is 10.8. The Morgan fingerprint density at radius 1 is 0.649 bits per heavy atom. The Bertz CT molecular complexity index is 1320. The predicted molar refractivity (Wildman–Crippen MR) is 142 cm³/mol. The molecule has 0 N–H and O–H groups in total. The monoisotopic (exact) mass is 668 g/mol. The molecule has 0 atom stereocenters. The minimum atomic E-state index is -3.40. The molecule has 0 unspecified atom stereocenters.